The van der Waals surface area contributed by atoms with Crippen molar-refractivity contribution in [3.05, 3.63) is 48.0 Å². The molecule has 0 aliphatic carbocycles. The highest BCUT2D eigenvalue weighted by Crippen LogP contribution is 2.24. The molecule has 2 atom stereocenters. The molecule has 0 saturated carbocycles. The number of primary amides is 1. The number of rotatable bonds is 13. The van der Waals surface area contributed by atoms with E-state index in [0.29, 0.717) is 12.1 Å². The minimum absolute atomic E-state index is 0.00544. The van der Waals surface area contributed by atoms with E-state index in [9.17, 15) is 19.2 Å². The second-order valence-corrected chi connectivity index (χ2v) is 9.29. The highest BCUT2D eigenvalue weighted by molar-refractivity contribution is 5.94. The van der Waals surface area contributed by atoms with Crippen molar-refractivity contribution in [3.8, 4) is 0 Å². The van der Waals surface area contributed by atoms with Crippen LogP contribution < -0.4 is 16.4 Å². The zero-order chi connectivity index (χ0) is 26.6. The van der Waals surface area contributed by atoms with Gasteiger partial charge < -0.3 is 26.0 Å². The lowest BCUT2D eigenvalue weighted by Crippen LogP contribution is -2.54. The molecule has 9 nitrogen and oxygen atoms in total. The molecule has 0 aromatic heterocycles. The summed E-state index contributed by atoms with van der Waals surface area (Å²) >= 11 is 0. The second kappa shape index (κ2) is 14.1. The van der Waals surface area contributed by atoms with E-state index in [4.69, 9.17) is 10.5 Å². The van der Waals surface area contributed by atoms with Crippen molar-refractivity contribution in [3.63, 3.8) is 0 Å². The minimum atomic E-state index is -1.32. The van der Waals surface area contributed by atoms with E-state index in [2.05, 4.69) is 17.2 Å². The van der Waals surface area contributed by atoms with Crippen molar-refractivity contribution < 1.29 is 23.9 Å². The fourth-order valence-electron chi connectivity index (χ4n) is 3.41. The summed E-state index contributed by atoms with van der Waals surface area (Å²) in [5, 5.41) is 5.33. The number of nitrogens with one attached hydrogen (secondary N) is 2. The number of unbranched alkanes of at least 4 members (excludes halogenated alkanes) is 1. The zero-order valence-corrected chi connectivity index (χ0v) is 21.6. The fourth-order valence-corrected chi connectivity index (χ4v) is 3.41. The Morgan fingerprint density at radius 2 is 1.77 bits per heavy atom. The van der Waals surface area contributed by atoms with Crippen LogP contribution in [0.1, 0.15) is 71.0 Å². The van der Waals surface area contributed by atoms with Gasteiger partial charge in [0.05, 0.1) is 6.42 Å². The van der Waals surface area contributed by atoms with Gasteiger partial charge >= 0.3 is 6.09 Å². The largest absolute Gasteiger partial charge is 0.444 e. The number of nitrogens with zero attached hydrogens (tertiary/aromatic N) is 1. The van der Waals surface area contributed by atoms with Crippen LogP contribution >= 0.6 is 0 Å². The summed E-state index contributed by atoms with van der Waals surface area (Å²) in [5.74, 6) is -1.80. The first kappa shape index (κ1) is 29.7. The van der Waals surface area contributed by atoms with Crippen molar-refractivity contribution in [2.45, 2.75) is 78.0 Å². The molecule has 4 N–H and O–H groups in total. The molecule has 0 aliphatic rings. The average Bonchev–Trinajstić information content (AvgIpc) is 2.77. The summed E-state index contributed by atoms with van der Waals surface area (Å²) in [4.78, 5) is 52.4. The lowest BCUT2D eigenvalue weighted by molar-refractivity contribution is -0.142. The maximum absolute atomic E-state index is 13.7. The monoisotopic (exact) mass is 488 g/mol. The molecule has 1 aromatic rings. The molecule has 0 fully saturated rings. The zero-order valence-electron chi connectivity index (χ0n) is 21.6. The summed E-state index contributed by atoms with van der Waals surface area (Å²) in [6.45, 7) is 13.3. The summed E-state index contributed by atoms with van der Waals surface area (Å²) in [5.41, 5.74) is 6.24. The van der Waals surface area contributed by atoms with Crippen molar-refractivity contribution in [2.24, 2.45) is 5.73 Å². The quantitative estimate of drug-likeness (QED) is 0.290. The summed E-state index contributed by atoms with van der Waals surface area (Å²) in [6, 6.07) is 5.09. The molecule has 0 radical (unpaired) electrons. The van der Waals surface area contributed by atoms with E-state index in [-0.39, 0.29) is 12.5 Å². The molecular weight excluding hydrogens is 448 g/mol. The van der Waals surface area contributed by atoms with Crippen LogP contribution in [0.3, 0.4) is 0 Å². The minimum Gasteiger partial charge on any atom is -0.444 e. The Labute approximate surface area is 208 Å². The molecule has 194 valence electrons. The predicted octanol–water partition coefficient (Wildman–Crippen LogP) is 2.99. The normalized spacial score (nSPS) is 12.7. The van der Waals surface area contributed by atoms with Crippen LogP contribution in [0, 0.1) is 0 Å². The number of benzene rings is 1. The topological polar surface area (TPSA) is 131 Å². The maximum Gasteiger partial charge on any atom is 0.408 e. The number of hydrogen-bond acceptors (Lipinski definition) is 5. The standard InChI is InChI=1S/C26H40N4O5/c1-7-10-15-28-23(32)22(19-13-11-18(9-3)12-14-19)30(16-8-2)24(33)20(17-21(27)31)29-25(34)35-26(4,5)6/h8,11-14,20,22H,2,7,9-10,15-17H2,1,3-6H3,(H2,27,31)(H,28,32)(H,29,34). The first-order valence-corrected chi connectivity index (χ1v) is 12.0. The average molecular weight is 489 g/mol. The second-order valence-electron chi connectivity index (χ2n) is 9.29. The molecule has 0 heterocycles. The van der Waals surface area contributed by atoms with Gasteiger partial charge in [-0.05, 0) is 44.7 Å². The summed E-state index contributed by atoms with van der Waals surface area (Å²) < 4.78 is 5.25. The van der Waals surface area contributed by atoms with Gasteiger partial charge in [0.25, 0.3) is 0 Å². The Balaban J connectivity index is 3.40. The molecule has 4 amide bonds. The van der Waals surface area contributed by atoms with Gasteiger partial charge in [0.1, 0.15) is 17.7 Å². The van der Waals surface area contributed by atoms with Crippen molar-refractivity contribution >= 4 is 23.8 Å². The van der Waals surface area contributed by atoms with E-state index < -0.39 is 42.0 Å². The Bertz CT molecular complexity index is 877. The lowest BCUT2D eigenvalue weighted by atomic mass is 10.00. The summed E-state index contributed by atoms with van der Waals surface area (Å²) in [6.07, 6.45) is 2.67. The number of amides is 4. The van der Waals surface area contributed by atoms with E-state index in [0.717, 1.165) is 24.8 Å². The van der Waals surface area contributed by atoms with E-state index in [1.807, 2.05) is 26.0 Å². The molecule has 0 bridgehead atoms. The van der Waals surface area contributed by atoms with Crippen LogP contribution in [-0.2, 0) is 25.5 Å². The van der Waals surface area contributed by atoms with Crippen LogP contribution in [0.4, 0.5) is 4.79 Å². The molecule has 2 unspecified atom stereocenters. The van der Waals surface area contributed by atoms with E-state index >= 15 is 0 Å². The molecule has 1 aromatic carbocycles. The molecule has 0 spiro atoms. The van der Waals surface area contributed by atoms with Gasteiger partial charge in [-0.3, -0.25) is 14.4 Å². The molecular formula is C26H40N4O5. The number of ether oxygens (including phenoxy) is 1. The number of carbonyl (C=O) groups is 4. The van der Waals surface area contributed by atoms with Gasteiger partial charge in [-0.15, -0.1) is 6.58 Å². The van der Waals surface area contributed by atoms with Gasteiger partial charge in [0.15, 0.2) is 0 Å². The SMILES string of the molecule is C=CCN(C(=O)C(CC(N)=O)NC(=O)OC(C)(C)C)C(C(=O)NCCCC)c1ccc(CC)cc1. The van der Waals surface area contributed by atoms with Gasteiger partial charge in [-0.1, -0.05) is 50.6 Å². The predicted molar refractivity (Wildman–Crippen MR) is 135 cm³/mol. The first-order chi connectivity index (χ1) is 16.4. The van der Waals surface area contributed by atoms with E-state index in [1.165, 1.54) is 11.0 Å². The Morgan fingerprint density at radius 3 is 2.26 bits per heavy atom. The number of hydrogen-bond donors (Lipinski definition) is 3. The van der Waals surface area contributed by atoms with Crippen molar-refractivity contribution in [1.29, 1.82) is 0 Å². The number of nitrogens with two attached hydrogens (primary N) is 1. The third kappa shape index (κ3) is 10.2. The van der Waals surface area contributed by atoms with Crippen molar-refractivity contribution in [2.75, 3.05) is 13.1 Å². The third-order valence-corrected chi connectivity index (χ3v) is 5.10. The van der Waals surface area contributed by atoms with Crippen LogP contribution in [0.2, 0.25) is 0 Å². The number of carbonyl (C=O) groups excluding carboxylic acids is 4. The first-order valence-electron chi connectivity index (χ1n) is 12.0. The van der Waals surface area contributed by atoms with Crippen LogP contribution in [0.5, 0.6) is 0 Å². The Hall–Kier alpha value is -3.36. The van der Waals surface area contributed by atoms with Crippen LogP contribution in [0.15, 0.2) is 36.9 Å². The number of alkyl carbamates (subject to hydrolysis) is 1. The highest BCUT2D eigenvalue weighted by Gasteiger charge is 2.36. The number of aryl methyl sites for hydroxylation is 1. The lowest BCUT2D eigenvalue weighted by Gasteiger charge is -2.33. The van der Waals surface area contributed by atoms with Gasteiger partial charge in [0.2, 0.25) is 17.7 Å². The van der Waals surface area contributed by atoms with Gasteiger partial charge in [-0.2, -0.15) is 0 Å². The van der Waals surface area contributed by atoms with E-state index in [1.54, 1.807) is 32.9 Å². The molecule has 0 aliphatic heterocycles. The Kier molecular flexibility index (Phi) is 12.0. The third-order valence-electron chi connectivity index (χ3n) is 5.10. The molecule has 0 saturated heterocycles. The van der Waals surface area contributed by atoms with Crippen molar-refractivity contribution in [1.82, 2.24) is 15.5 Å². The Morgan fingerprint density at radius 1 is 1.14 bits per heavy atom. The van der Waals surface area contributed by atoms with Gasteiger partial charge in [0, 0.05) is 13.1 Å². The fraction of sp³-hybridized carbons (Fsp3) is 0.538. The van der Waals surface area contributed by atoms with Crippen LogP contribution in [0.25, 0.3) is 0 Å². The summed E-state index contributed by atoms with van der Waals surface area (Å²) in [7, 11) is 0. The smallest absolute Gasteiger partial charge is 0.408 e. The van der Waals surface area contributed by atoms with Crippen LogP contribution in [-0.4, -0.2) is 53.4 Å². The van der Waals surface area contributed by atoms with Gasteiger partial charge in [-0.25, -0.2) is 4.79 Å². The maximum atomic E-state index is 13.7. The highest BCUT2D eigenvalue weighted by atomic mass is 16.6. The molecule has 35 heavy (non-hydrogen) atoms. The molecule has 9 heteroatoms. The molecule has 1 rings (SSSR count).